The molecule has 2 heterocycles. The Hall–Kier alpha value is -2.93. The fourth-order valence-electron chi connectivity index (χ4n) is 3.24. The normalized spacial score (nSPS) is 16.8. The van der Waals surface area contributed by atoms with E-state index >= 15 is 0 Å². The van der Waals surface area contributed by atoms with Gasteiger partial charge in [0.1, 0.15) is 5.75 Å². The third-order valence-corrected chi connectivity index (χ3v) is 5.49. The van der Waals surface area contributed by atoms with Crippen LogP contribution in [0.5, 0.6) is 5.75 Å². The van der Waals surface area contributed by atoms with Crippen LogP contribution in [0, 0.1) is 5.92 Å². The fourth-order valence-corrected chi connectivity index (χ4v) is 4.11. The van der Waals surface area contributed by atoms with Crippen LogP contribution in [-0.4, -0.2) is 29.4 Å². The molecule has 0 saturated carbocycles. The molecule has 144 valence electrons. The molecule has 2 aromatic carbocycles. The van der Waals surface area contributed by atoms with Crippen molar-refractivity contribution < 1.29 is 14.3 Å². The van der Waals surface area contributed by atoms with Crippen molar-refractivity contribution in [1.29, 1.82) is 0 Å². The van der Waals surface area contributed by atoms with Crippen molar-refractivity contribution in [2.75, 3.05) is 16.8 Å². The lowest BCUT2D eigenvalue weighted by atomic mass is 10.1. The summed E-state index contributed by atoms with van der Waals surface area (Å²) in [6, 6.07) is 15.1. The average molecular weight is 395 g/mol. The minimum atomic E-state index is -0.397. The number of nitrogens with one attached hydrogen (secondary N) is 1. The number of benzene rings is 2. The summed E-state index contributed by atoms with van der Waals surface area (Å²) in [5, 5.41) is 3.43. The number of rotatable bonds is 5. The van der Waals surface area contributed by atoms with Gasteiger partial charge in [-0.25, -0.2) is 4.98 Å². The van der Waals surface area contributed by atoms with Gasteiger partial charge in [-0.3, -0.25) is 9.59 Å². The van der Waals surface area contributed by atoms with Gasteiger partial charge in [-0.2, -0.15) is 0 Å². The van der Waals surface area contributed by atoms with Crippen molar-refractivity contribution in [3.05, 3.63) is 48.5 Å². The Morgan fingerprint density at radius 3 is 2.68 bits per heavy atom. The Morgan fingerprint density at radius 2 is 1.96 bits per heavy atom. The zero-order valence-electron chi connectivity index (χ0n) is 15.7. The van der Waals surface area contributed by atoms with Gasteiger partial charge < -0.3 is 15.0 Å². The highest BCUT2D eigenvalue weighted by atomic mass is 32.1. The van der Waals surface area contributed by atoms with Crippen LogP contribution < -0.4 is 15.0 Å². The maximum Gasteiger partial charge on any atom is 0.231 e. The van der Waals surface area contributed by atoms with E-state index in [2.05, 4.69) is 10.3 Å². The number of hydrogen-bond donors (Lipinski definition) is 1. The standard InChI is InChI=1S/C21H21N3O3S/c1-13(2)27-16-9-7-15(8-10-16)24-12-14(11-19(24)25)20(26)23-21-22-17-5-3-4-6-18(17)28-21/h3-10,13-14H,11-12H2,1-2H3,(H,22,23,26)/t14-/m1/s1. The first kappa shape index (κ1) is 18.4. The van der Waals surface area contributed by atoms with Crippen molar-refractivity contribution >= 4 is 44.2 Å². The van der Waals surface area contributed by atoms with Gasteiger partial charge in [-0.1, -0.05) is 23.5 Å². The topological polar surface area (TPSA) is 71.5 Å². The Labute approximate surface area is 167 Å². The predicted octanol–water partition coefficient (Wildman–Crippen LogP) is 4.08. The molecule has 1 aromatic heterocycles. The van der Waals surface area contributed by atoms with Gasteiger partial charge in [0.2, 0.25) is 11.8 Å². The SMILES string of the molecule is CC(C)Oc1ccc(N2C[C@H](C(=O)Nc3nc4ccccc4s3)CC2=O)cc1. The van der Waals surface area contributed by atoms with E-state index in [-0.39, 0.29) is 24.3 Å². The Balaban J connectivity index is 1.42. The number of carbonyl (C=O) groups excluding carboxylic acids is 2. The van der Waals surface area contributed by atoms with Gasteiger partial charge in [-0.05, 0) is 50.2 Å². The highest BCUT2D eigenvalue weighted by Crippen LogP contribution is 2.29. The first-order valence-electron chi connectivity index (χ1n) is 9.23. The molecule has 1 atom stereocenters. The molecule has 0 spiro atoms. The summed E-state index contributed by atoms with van der Waals surface area (Å²) >= 11 is 1.43. The zero-order valence-corrected chi connectivity index (χ0v) is 16.5. The average Bonchev–Trinajstić information content (AvgIpc) is 3.25. The van der Waals surface area contributed by atoms with Crippen molar-refractivity contribution in [3.8, 4) is 5.75 Å². The smallest absolute Gasteiger partial charge is 0.231 e. The summed E-state index contributed by atoms with van der Waals surface area (Å²) < 4.78 is 6.66. The summed E-state index contributed by atoms with van der Waals surface area (Å²) in [6.45, 7) is 4.29. The lowest BCUT2D eigenvalue weighted by Gasteiger charge is -2.17. The Morgan fingerprint density at radius 1 is 1.21 bits per heavy atom. The number of aromatic nitrogens is 1. The fraction of sp³-hybridized carbons (Fsp3) is 0.286. The Kier molecular flexibility index (Phi) is 5.00. The van der Waals surface area contributed by atoms with E-state index in [0.29, 0.717) is 11.7 Å². The monoisotopic (exact) mass is 395 g/mol. The van der Waals surface area contributed by atoms with Gasteiger partial charge in [0.05, 0.1) is 22.2 Å². The van der Waals surface area contributed by atoms with Gasteiger partial charge in [0.15, 0.2) is 5.13 Å². The molecule has 0 unspecified atom stereocenters. The summed E-state index contributed by atoms with van der Waals surface area (Å²) in [7, 11) is 0. The second-order valence-corrected chi connectivity index (χ2v) is 8.07. The summed E-state index contributed by atoms with van der Waals surface area (Å²) in [5.74, 6) is 0.137. The van der Waals surface area contributed by atoms with E-state index in [4.69, 9.17) is 4.74 Å². The van der Waals surface area contributed by atoms with Crippen LogP contribution in [0.1, 0.15) is 20.3 Å². The number of carbonyl (C=O) groups is 2. The van der Waals surface area contributed by atoms with Crippen LogP contribution in [0.2, 0.25) is 0 Å². The van der Waals surface area contributed by atoms with Gasteiger partial charge in [-0.15, -0.1) is 0 Å². The lowest BCUT2D eigenvalue weighted by molar-refractivity contribution is -0.122. The first-order chi connectivity index (χ1) is 13.5. The number of para-hydroxylation sites is 1. The Bertz CT molecular complexity index is 980. The van der Waals surface area contributed by atoms with Crippen LogP contribution >= 0.6 is 11.3 Å². The quantitative estimate of drug-likeness (QED) is 0.707. The van der Waals surface area contributed by atoms with Crippen LogP contribution in [0.25, 0.3) is 10.2 Å². The molecule has 1 saturated heterocycles. The van der Waals surface area contributed by atoms with Crippen LogP contribution in [-0.2, 0) is 9.59 Å². The number of anilines is 2. The highest BCUT2D eigenvalue weighted by Gasteiger charge is 2.35. The molecule has 1 aliphatic rings. The number of ether oxygens (including phenoxy) is 1. The minimum Gasteiger partial charge on any atom is -0.491 e. The van der Waals surface area contributed by atoms with E-state index in [0.717, 1.165) is 21.7 Å². The van der Waals surface area contributed by atoms with E-state index in [1.165, 1.54) is 11.3 Å². The van der Waals surface area contributed by atoms with Gasteiger partial charge >= 0.3 is 0 Å². The van der Waals surface area contributed by atoms with Crippen molar-refractivity contribution in [2.24, 2.45) is 5.92 Å². The zero-order chi connectivity index (χ0) is 19.7. The second kappa shape index (κ2) is 7.59. The molecule has 1 N–H and O–H groups in total. The molecule has 3 aromatic rings. The molecule has 4 rings (SSSR count). The van der Waals surface area contributed by atoms with Crippen LogP contribution in [0.3, 0.4) is 0 Å². The molecule has 7 heteroatoms. The third kappa shape index (κ3) is 3.84. The molecular weight excluding hydrogens is 374 g/mol. The van der Waals surface area contributed by atoms with E-state index < -0.39 is 5.92 Å². The number of thiazole rings is 1. The van der Waals surface area contributed by atoms with E-state index in [1.807, 2.05) is 62.4 Å². The number of hydrogen-bond acceptors (Lipinski definition) is 5. The lowest BCUT2D eigenvalue weighted by Crippen LogP contribution is -2.28. The maximum atomic E-state index is 12.6. The first-order valence-corrected chi connectivity index (χ1v) is 10.0. The molecule has 0 aliphatic carbocycles. The molecule has 28 heavy (non-hydrogen) atoms. The summed E-state index contributed by atoms with van der Waals surface area (Å²) in [6.07, 6.45) is 0.288. The molecule has 1 fully saturated rings. The molecule has 0 bridgehead atoms. The summed E-state index contributed by atoms with van der Waals surface area (Å²) in [5.41, 5.74) is 1.63. The number of nitrogens with zero attached hydrogens (tertiary/aromatic N) is 2. The molecular formula is C21H21N3O3S. The molecule has 2 amide bonds. The molecule has 0 radical (unpaired) electrons. The number of fused-ring (bicyclic) bond motifs is 1. The summed E-state index contributed by atoms with van der Waals surface area (Å²) in [4.78, 5) is 31.2. The largest absolute Gasteiger partial charge is 0.491 e. The van der Waals surface area contributed by atoms with Crippen molar-refractivity contribution in [2.45, 2.75) is 26.4 Å². The van der Waals surface area contributed by atoms with E-state index in [9.17, 15) is 9.59 Å². The van der Waals surface area contributed by atoms with E-state index in [1.54, 1.807) is 4.90 Å². The highest BCUT2D eigenvalue weighted by molar-refractivity contribution is 7.22. The minimum absolute atomic E-state index is 0.0537. The predicted molar refractivity (Wildman–Crippen MR) is 111 cm³/mol. The number of amides is 2. The van der Waals surface area contributed by atoms with Crippen molar-refractivity contribution in [3.63, 3.8) is 0 Å². The van der Waals surface area contributed by atoms with Crippen molar-refractivity contribution in [1.82, 2.24) is 4.98 Å². The van der Waals surface area contributed by atoms with Gasteiger partial charge in [0.25, 0.3) is 0 Å². The van der Waals surface area contributed by atoms with Crippen LogP contribution in [0.4, 0.5) is 10.8 Å². The van der Waals surface area contributed by atoms with Crippen LogP contribution in [0.15, 0.2) is 48.5 Å². The second-order valence-electron chi connectivity index (χ2n) is 7.04. The molecule has 1 aliphatic heterocycles. The maximum absolute atomic E-state index is 12.6. The van der Waals surface area contributed by atoms with Gasteiger partial charge in [0, 0.05) is 18.7 Å². The molecule has 6 nitrogen and oxygen atoms in total. The third-order valence-electron chi connectivity index (χ3n) is 4.54.